The molecule has 0 atom stereocenters. The van der Waals surface area contributed by atoms with E-state index in [1.165, 1.54) is 0 Å². The molecule has 0 spiro atoms. The Morgan fingerprint density at radius 1 is 1.83 bits per heavy atom. The van der Waals surface area contributed by atoms with Crippen LogP contribution in [0.15, 0.2) is 17.3 Å². The lowest BCUT2D eigenvalue weighted by Gasteiger charge is -1.65. The first-order valence-electron chi connectivity index (χ1n) is 1.82. The van der Waals surface area contributed by atoms with Crippen molar-refractivity contribution in [2.45, 2.75) is 6.92 Å². The first-order valence-corrected chi connectivity index (χ1v) is 1.82. The van der Waals surface area contributed by atoms with Gasteiger partial charge in [-0.15, -0.1) is 0 Å². The van der Waals surface area contributed by atoms with Gasteiger partial charge in [-0.3, -0.25) is 0 Å². The predicted octanol–water partition coefficient (Wildman–Crippen LogP) is 1.33. The van der Waals surface area contributed by atoms with Crippen LogP contribution in [0.1, 0.15) is 6.92 Å². The zero-order chi connectivity index (χ0) is 4.83. The third kappa shape index (κ3) is 3.34. The summed E-state index contributed by atoms with van der Waals surface area (Å²) in [5.74, 6) is 0. The predicted molar refractivity (Wildman–Crippen MR) is 25.5 cm³/mol. The lowest BCUT2D eigenvalue weighted by molar-refractivity contribution is 1.22. The maximum Gasteiger partial charge on any atom is 0.0992 e. The zero-order valence-corrected chi connectivity index (χ0v) is 3.72. The van der Waals surface area contributed by atoms with E-state index in [0.29, 0.717) is 6.54 Å². The van der Waals surface area contributed by atoms with Crippen LogP contribution in [0.4, 0.5) is 0 Å². The third-order valence-corrected chi connectivity index (χ3v) is 0.416. The van der Waals surface area contributed by atoms with Gasteiger partial charge >= 0.3 is 0 Å². The van der Waals surface area contributed by atoms with E-state index in [0.717, 1.165) is 0 Å². The number of allylic oxidation sites excluding steroid dienone is 1. The highest BCUT2D eigenvalue weighted by molar-refractivity contribution is 4.78. The monoisotopic (exact) mass is 85.1 g/mol. The molecule has 0 aliphatic heterocycles. The molecule has 2 heteroatoms. The molecule has 2 nitrogen and oxygen atoms in total. The summed E-state index contributed by atoms with van der Waals surface area (Å²) in [7, 11) is 0. The lowest BCUT2D eigenvalue weighted by Crippen LogP contribution is -1.61. The van der Waals surface area contributed by atoms with E-state index in [1.807, 2.05) is 6.92 Å². The molecule has 0 rings (SSSR count). The van der Waals surface area contributed by atoms with Gasteiger partial charge in [-0.05, 0) is 6.92 Å². The van der Waals surface area contributed by atoms with Crippen LogP contribution < -0.4 is 0 Å². The number of nitroso groups, excluding NO2 is 1. The standard InChI is InChI=1S/C4H7NO/c1-2-3-4-5-6/h2-3H,4H2,1H3/b3-2+. The van der Waals surface area contributed by atoms with Gasteiger partial charge < -0.3 is 0 Å². The third-order valence-electron chi connectivity index (χ3n) is 0.416. The second-order valence-corrected chi connectivity index (χ2v) is 0.881. The van der Waals surface area contributed by atoms with Crippen molar-refractivity contribution in [3.63, 3.8) is 0 Å². The molecule has 0 saturated heterocycles. The summed E-state index contributed by atoms with van der Waals surface area (Å²) >= 11 is 0. The molecule has 0 heterocycles. The minimum atomic E-state index is 0.302. The van der Waals surface area contributed by atoms with Crippen LogP contribution in [0, 0.1) is 4.91 Å². The molecule has 0 N–H and O–H groups in total. The Kier molecular flexibility index (Phi) is 3.86. The average Bonchev–Trinajstić information content (AvgIpc) is 1.61. The summed E-state index contributed by atoms with van der Waals surface area (Å²) in [4.78, 5) is 9.26. The molecule has 6 heavy (non-hydrogen) atoms. The van der Waals surface area contributed by atoms with Gasteiger partial charge in [0.2, 0.25) is 0 Å². The normalized spacial score (nSPS) is 9.50. The van der Waals surface area contributed by atoms with Crippen molar-refractivity contribution in [3.05, 3.63) is 17.1 Å². The van der Waals surface area contributed by atoms with Gasteiger partial charge in [-0.25, -0.2) is 0 Å². The number of hydrogen-bond donors (Lipinski definition) is 0. The summed E-state index contributed by atoms with van der Waals surface area (Å²) in [5, 5.41) is 2.59. The van der Waals surface area contributed by atoms with Crippen LogP contribution in [0.3, 0.4) is 0 Å². The Morgan fingerprint density at radius 3 is 2.67 bits per heavy atom. The van der Waals surface area contributed by atoms with Crippen molar-refractivity contribution >= 4 is 0 Å². The van der Waals surface area contributed by atoms with E-state index < -0.39 is 0 Å². The maximum absolute atomic E-state index is 9.26. The van der Waals surface area contributed by atoms with Crippen LogP contribution in [-0.4, -0.2) is 6.54 Å². The second-order valence-electron chi connectivity index (χ2n) is 0.881. The largest absolute Gasteiger partial charge is 0.150 e. The Balaban J connectivity index is 2.85. The molecule has 0 radical (unpaired) electrons. The quantitative estimate of drug-likeness (QED) is 0.367. The fourth-order valence-corrected chi connectivity index (χ4v) is 0.148. The zero-order valence-electron chi connectivity index (χ0n) is 3.72. The second kappa shape index (κ2) is 4.34. The molecular weight excluding hydrogens is 78.0 g/mol. The molecule has 0 amide bonds. The van der Waals surface area contributed by atoms with Crippen molar-refractivity contribution in [1.82, 2.24) is 0 Å². The maximum atomic E-state index is 9.26. The SMILES string of the molecule is C/C=C/CN=O. The summed E-state index contributed by atoms with van der Waals surface area (Å²) < 4.78 is 0. The molecule has 0 aromatic rings. The van der Waals surface area contributed by atoms with Crippen LogP contribution in [-0.2, 0) is 0 Å². The van der Waals surface area contributed by atoms with E-state index in [1.54, 1.807) is 12.2 Å². The first kappa shape index (κ1) is 5.34. The highest BCUT2D eigenvalue weighted by atomic mass is 16.3. The number of hydrogen-bond acceptors (Lipinski definition) is 2. The van der Waals surface area contributed by atoms with Gasteiger partial charge in [0, 0.05) is 0 Å². The van der Waals surface area contributed by atoms with Crippen LogP contribution >= 0.6 is 0 Å². The molecule has 0 bridgehead atoms. The number of nitrogens with zero attached hydrogens (tertiary/aromatic N) is 1. The van der Waals surface area contributed by atoms with E-state index in [4.69, 9.17) is 0 Å². The van der Waals surface area contributed by atoms with Crippen molar-refractivity contribution in [2.75, 3.05) is 6.54 Å². The molecule has 0 aromatic heterocycles. The van der Waals surface area contributed by atoms with Crippen LogP contribution in [0.5, 0.6) is 0 Å². The van der Waals surface area contributed by atoms with Gasteiger partial charge in [-0.2, -0.15) is 4.91 Å². The van der Waals surface area contributed by atoms with Gasteiger partial charge in [0.1, 0.15) is 0 Å². The highest BCUT2D eigenvalue weighted by Crippen LogP contribution is 1.68. The van der Waals surface area contributed by atoms with Crippen molar-refractivity contribution < 1.29 is 0 Å². The fourth-order valence-electron chi connectivity index (χ4n) is 0.148. The molecule has 0 aliphatic carbocycles. The summed E-state index contributed by atoms with van der Waals surface area (Å²) in [5.41, 5.74) is 0. The van der Waals surface area contributed by atoms with Gasteiger partial charge in [0.05, 0.1) is 6.54 Å². The Labute approximate surface area is 36.8 Å². The van der Waals surface area contributed by atoms with E-state index >= 15 is 0 Å². The molecular formula is C4H7NO. The van der Waals surface area contributed by atoms with Crippen molar-refractivity contribution in [3.8, 4) is 0 Å². The summed E-state index contributed by atoms with van der Waals surface area (Å²) in [6.07, 6.45) is 3.49. The van der Waals surface area contributed by atoms with Crippen molar-refractivity contribution in [1.29, 1.82) is 0 Å². The minimum Gasteiger partial charge on any atom is -0.150 e. The molecule has 0 aromatic carbocycles. The summed E-state index contributed by atoms with van der Waals surface area (Å²) in [6.45, 7) is 2.15. The van der Waals surface area contributed by atoms with Gasteiger partial charge in [-0.1, -0.05) is 17.3 Å². The van der Waals surface area contributed by atoms with Crippen LogP contribution in [0.25, 0.3) is 0 Å². The Bertz CT molecular complexity index is 58.6. The first-order chi connectivity index (χ1) is 2.91. The molecule has 34 valence electrons. The van der Waals surface area contributed by atoms with Crippen molar-refractivity contribution in [2.24, 2.45) is 5.18 Å². The average molecular weight is 85.1 g/mol. The summed E-state index contributed by atoms with van der Waals surface area (Å²) in [6, 6.07) is 0. The smallest absolute Gasteiger partial charge is 0.0992 e. The van der Waals surface area contributed by atoms with Gasteiger partial charge in [0.15, 0.2) is 0 Å². The highest BCUT2D eigenvalue weighted by Gasteiger charge is 1.62. The van der Waals surface area contributed by atoms with E-state index in [2.05, 4.69) is 5.18 Å². The minimum absolute atomic E-state index is 0.302. The molecule has 0 fully saturated rings. The Morgan fingerprint density at radius 2 is 2.50 bits per heavy atom. The topological polar surface area (TPSA) is 29.4 Å². The fraction of sp³-hybridized carbons (Fsp3) is 0.500. The van der Waals surface area contributed by atoms with E-state index in [-0.39, 0.29) is 0 Å². The van der Waals surface area contributed by atoms with Crippen LogP contribution in [0.2, 0.25) is 0 Å². The Hall–Kier alpha value is -0.660. The molecule has 0 saturated carbocycles. The number of rotatable bonds is 2. The molecule has 0 unspecified atom stereocenters. The van der Waals surface area contributed by atoms with Gasteiger partial charge in [0.25, 0.3) is 0 Å². The van der Waals surface area contributed by atoms with E-state index in [9.17, 15) is 4.91 Å². The molecule has 0 aliphatic rings. The lowest BCUT2D eigenvalue weighted by atomic mass is 10.5.